The molecule has 1 heterocycles. The number of aromatic nitrogens is 3. The van der Waals surface area contributed by atoms with E-state index in [1.807, 2.05) is 0 Å². The minimum absolute atomic E-state index is 0.0250. The highest BCUT2D eigenvalue weighted by molar-refractivity contribution is 5.93. The first-order valence-corrected chi connectivity index (χ1v) is 7.36. The van der Waals surface area contributed by atoms with E-state index < -0.39 is 58.6 Å². The summed E-state index contributed by atoms with van der Waals surface area (Å²) >= 11 is 0. The van der Waals surface area contributed by atoms with Crippen molar-refractivity contribution < 1.29 is 35.9 Å². The molecule has 2 rings (SSSR count). The molecule has 11 nitrogen and oxygen atoms in total. The van der Waals surface area contributed by atoms with Crippen molar-refractivity contribution in [1.29, 1.82) is 0 Å². The molecule has 1 aromatic carbocycles. The van der Waals surface area contributed by atoms with Gasteiger partial charge in [-0.3, -0.25) is 0 Å². The summed E-state index contributed by atoms with van der Waals surface area (Å²) in [5.74, 6) is 8.78. The maximum absolute atomic E-state index is 13.4. The highest BCUT2D eigenvalue weighted by atomic mass is 19.4. The lowest BCUT2D eigenvalue weighted by Crippen LogP contribution is -2.45. The summed E-state index contributed by atoms with van der Waals surface area (Å²) < 4.78 is 79.3. The largest absolute Gasteiger partial charge is 0.417 e. The fraction of sp³-hybridized carbons (Fsp3) is 0.154. The van der Waals surface area contributed by atoms with Crippen LogP contribution < -0.4 is 33.2 Å². The van der Waals surface area contributed by atoms with Crippen LogP contribution in [-0.2, 0) is 12.4 Å². The van der Waals surface area contributed by atoms with Gasteiger partial charge in [-0.1, -0.05) is 0 Å². The molecule has 1 aromatic heterocycles. The summed E-state index contributed by atoms with van der Waals surface area (Å²) in [6.07, 6.45) is -10.2. The fourth-order valence-electron chi connectivity index (χ4n) is 2.12. The molecular weight excluding hydrogens is 428 g/mol. The number of hydrogen-bond acceptors (Lipinski definition) is 7. The van der Waals surface area contributed by atoms with Crippen molar-refractivity contribution in [3.63, 3.8) is 0 Å². The molecule has 162 valence electrons. The van der Waals surface area contributed by atoms with Gasteiger partial charge in [-0.2, -0.15) is 36.3 Å². The van der Waals surface area contributed by atoms with Crippen LogP contribution in [0.25, 0.3) is 11.3 Å². The molecule has 0 aliphatic carbocycles. The number of rotatable bonds is 3. The van der Waals surface area contributed by atoms with Crippen molar-refractivity contribution in [2.24, 2.45) is 23.2 Å². The molecule has 0 atom stereocenters. The van der Waals surface area contributed by atoms with E-state index in [0.29, 0.717) is 0 Å². The van der Waals surface area contributed by atoms with E-state index in [9.17, 15) is 35.9 Å². The number of carbonyl (C=O) groups is 2. The molecule has 0 bridgehead atoms. The summed E-state index contributed by atoms with van der Waals surface area (Å²) in [5, 5.41) is 6.63. The fourth-order valence-corrected chi connectivity index (χ4v) is 2.12. The molecule has 4 amide bonds. The van der Waals surface area contributed by atoms with Gasteiger partial charge in [-0.15, -0.1) is 10.2 Å². The van der Waals surface area contributed by atoms with Crippen molar-refractivity contribution in [3.8, 4) is 11.3 Å². The maximum Gasteiger partial charge on any atom is 0.417 e. The smallest absolute Gasteiger partial charge is 0.350 e. The van der Waals surface area contributed by atoms with E-state index in [1.165, 1.54) is 0 Å². The van der Waals surface area contributed by atoms with Crippen molar-refractivity contribution in [2.75, 3.05) is 10.0 Å². The topological polar surface area (TPSA) is 183 Å². The highest BCUT2D eigenvalue weighted by Gasteiger charge is 2.39. The second kappa shape index (κ2) is 7.59. The van der Waals surface area contributed by atoms with E-state index in [-0.39, 0.29) is 28.2 Å². The van der Waals surface area contributed by atoms with Crippen molar-refractivity contribution >= 4 is 23.8 Å². The second-order valence-corrected chi connectivity index (χ2v) is 5.46. The van der Waals surface area contributed by atoms with Gasteiger partial charge in [-0.25, -0.2) is 26.3 Å². The molecule has 17 heteroatoms. The number of benzene rings is 1. The zero-order valence-corrected chi connectivity index (χ0v) is 14.4. The van der Waals surface area contributed by atoms with Crippen LogP contribution in [0.2, 0.25) is 0 Å². The average Bonchev–Trinajstić information content (AvgIpc) is 2.64. The van der Waals surface area contributed by atoms with E-state index in [0.717, 1.165) is 0 Å². The number of primary amides is 2. The Bertz CT molecular complexity index is 994. The zero-order chi connectivity index (χ0) is 23.0. The van der Waals surface area contributed by atoms with Crippen molar-refractivity contribution in [1.82, 2.24) is 15.2 Å². The van der Waals surface area contributed by atoms with Crippen LogP contribution in [0.1, 0.15) is 11.1 Å². The summed E-state index contributed by atoms with van der Waals surface area (Å²) in [7, 11) is 0. The number of alkyl halides is 6. The predicted molar refractivity (Wildman–Crippen MR) is 87.8 cm³/mol. The molecule has 0 aliphatic rings. The van der Waals surface area contributed by atoms with Crippen LogP contribution in [0.4, 0.5) is 47.7 Å². The minimum atomic E-state index is -5.14. The summed E-state index contributed by atoms with van der Waals surface area (Å²) in [4.78, 5) is 26.0. The van der Waals surface area contributed by atoms with Crippen LogP contribution in [0.5, 0.6) is 0 Å². The summed E-state index contributed by atoms with van der Waals surface area (Å²) in [5.41, 5.74) is 4.64. The molecule has 0 saturated heterocycles. The van der Waals surface area contributed by atoms with Crippen molar-refractivity contribution in [3.05, 3.63) is 29.3 Å². The van der Waals surface area contributed by atoms with Gasteiger partial charge < -0.3 is 11.5 Å². The monoisotopic (exact) mass is 439 g/mol. The van der Waals surface area contributed by atoms with E-state index in [2.05, 4.69) is 15.2 Å². The number of hydrogen-bond donors (Lipinski definition) is 4. The predicted octanol–water partition coefficient (Wildman–Crippen LogP) is 1.09. The third kappa shape index (κ3) is 4.46. The van der Waals surface area contributed by atoms with E-state index >= 15 is 0 Å². The quantitative estimate of drug-likeness (QED) is 0.239. The van der Waals surface area contributed by atoms with Gasteiger partial charge in [0.15, 0.2) is 5.82 Å². The van der Waals surface area contributed by atoms with Gasteiger partial charge in [0, 0.05) is 5.56 Å². The molecule has 2 aromatic rings. The lowest BCUT2D eigenvalue weighted by atomic mass is 10.00. The summed E-state index contributed by atoms with van der Waals surface area (Å²) in [6.45, 7) is 0. The summed E-state index contributed by atoms with van der Waals surface area (Å²) in [6, 6.07) is -2.36. The van der Waals surface area contributed by atoms with Gasteiger partial charge in [0.2, 0.25) is 0 Å². The molecule has 0 spiro atoms. The Labute approximate surface area is 162 Å². The van der Waals surface area contributed by atoms with Gasteiger partial charge in [0.1, 0.15) is 5.69 Å². The maximum atomic E-state index is 13.4. The number of carbonyl (C=O) groups excluding carboxylic acids is 2. The zero-order valence-electron chi connectivity index (χ0n) is 14.4. The van der Waals surface area contributed by atoms with E-state index in [1.54, 1.807) is 0 Å². The Morgan fingerprint density at radius 3 is 1.90 bits per heavy atom. The Hall–Kier alpha value is -3.73. The first-order valence-electron chi connectivity index (χ1n) is 7.36. The minimum Gasteiger partial charge on any atom is -0.350 e. The molecule has 0 fully saturated rings. The van der Waals surface area contributed by atoms with Gasteiger partial charge in [0.05, 0.1) is 11.1 Å². The third-order valence-corrected chi connectivity index (χ3v) is 3.48. The van der Waals surface area contributed by atoms with Crippen LogP contribution in [0.15, 0.2) is 18.2 Å². The average molecular weight is 439 g/mol. The Morgan fingerprint density at radius 1 is 0.867 bits per heavy atom. The number of amides is 4. The Morgan fingerprint density at radius 2 is 1.43 bits per heavy atom. The molecule has 8 N–H and O–H groups in total. The van der Waals surface area contributed by atoms with Crippen LogP contribution in [-0.4, -0.2) is 27.2 Å². The standard InChI is InChI=1S/C13H11F6N9O2/c14-12(15,16)4-1-2-6(13(17,18)19)5(3-4)7-8(27(22)9(20)29)24-11(26-25-7)28(23)10(21)30/h1-3H,22-23H2,(H2,20,29)(H2,21,30). The van der Waals surface area contributed by atoms with E-state index in [4.69, 9.17) is 23.2 Å². The number of nitrogens with zero attached hydrogens (tertiary/aromatic N) is 5. The SMILES string of the molecule is NC(=O)N(N)c1nnc(-c2cc(C(F)(F)F)ccc2C(F)(F)F)c(N(N)C(N)=O)n1. The molecule has 0 unspecified atom stereocenters. The second-order valence-electron chi connectivity index (χ2n) is 5.46. The molecule has 0 aliphatic heterocycles. The highest BCUT2D eigenvalue weighted by Crippen LogP contribution is 2.42. The molecule has 0 radical (unpaired) electrons. The molecular formula is C13H11F6N9O2. The van der Waals surface area contributed by atoms with Crippen molar-refractivity contribution in [2.45, 2.75) is 12.4 Å². The lowest BCUT2D eigenvalue weighted by Gasteiger charge is -2.21. The van der Waals surface area contributed by atoms with Gasteiger partial charge in [-0.05, 0) is 18.2 Å². The number of urea groups is 2. The number of hydrazine groups is 2. The van der Waals surface area contributed by atoms with Crippen LogP contribution >= 0.6 is 0 Å². The number of halogens is 6. The van der Waals surface area contributed by atoms with Gasteiger partial charge >= 0.3 is 24.4 Å². The molecule has 0 saturated carbocycles. The third-order valence-electron chi connectivity index (χ3n) is 3.48. The Balaban J connectivity index is 2.87. The van der Waals surface area contributed by atoms with Crippen LogP contribution in [0, 0.1) is 0 Å². The number of nitrogens with two attached hydrogens (primary N) is 4. The molecule has 30 heavy (non-hydrogen) atoms. The first kappa shape index (κ1) is 22.6. The Kier molecular flexibility index (Phi) is 5.71. The van der Waals surface area contributed by atoms with Gasteiger partial charge in [0.25, 0.3) is 5.95 Å². The normalized spacial score (nSPS) is 11.9. The van der Waals surface area contributed by atoms with Crippen LogP contribution in [0.3, 0.4) is 0 Å². The first-order chi connectivity index (χ1) is 13.6. The lowest BCUT2D eigenvalue weighted by molar-refractivity contribution is -0.141. The number of anilines is 2.